The predicted molar refractivity (Wildman–Crippen MR) is 64.2 cm³/mol. The Labute approximate surface area is 104 Å². The van der Waals surface area contributed by atoms with Gasteiger partial charge in [0, 0.05) is 0 Å². The molecular weight excluding hydrogens is 232 g/mol. The maximum atomic E-state index is 8.94. The molecule has 0 saturated heterocycles. The molecule has 0 aliphatic heterocycles. The number of nitrogen functional groups attached to an aromatic ring is 1. The number of benzene rings is 1. The number of rotatable bonds is 3. The number of anilines is 1. The monoisotopic (exact) mass is 242 g/mol. The third kappa shape index (κ3) is 2.47. The van der Waals surface area contributed by atoms with Gasteiger partial charge in [-0.25, -0.2) is 0 Å². The zero-order valence-electron chi connectivity index (χ0n) is 9.62. The van der Waals surface area contributed by atoms with E-state index >= 15 is 0 Å². The van der Waals surface area contributed by atoms with Gasteiger partial charge in [0.15, 0.2) is 0 Å². The first-order valence-electron chi connectivity index (χ1n) is 5.08. The first-order valence-corrected chi connectivity index (χ1v) is 5.08. The highest BCUT2D eigenvalue weighted by Crippen LogP contribution is 2.25. The number of ether oxygens (including phenoxy) is 2. The normalized spacial score (nSPS) is 9.56. The molecule has 2 rings (SSSR count). The standard InChI is InChI=1S/C12H10N4O2/c1-17-10-6-11(16-12(14)15-10)18-9-5-3-2-4-8(9)7-13/h2-6H,1H3,(H2,14,15,16). The number of methoxy groups -OCH3 is 1. The summed E-state index contributed by atoms with van der Waals surface area (Å²) < 4.78 is 10.4. The SMILES string of the molecule is COc1cc(Oc2ccccc2C#N)nc(N)n1. The fourth-order valence-corrected chi connectivity index (χ4v) is 1.34. The molecule has 0 atom stereocenters. The second kappa shape index (κ2) is 5.01. The molecule has 6 heteroatoms. The van der Waals surface area contributed by atoms with Crippen LogP contribution in [0, 0.1) is 11.3 Å². The second-order valence-electron chi connectivity index (χ2n) is 3.32. The lowest BCUT2D eigenvalue weighted by Crippen LogP contribution is -2.00. The Morgan fingerprint density at radius 2 is 1.94 bits per heavy atom. The summed E-state index contributed by atoms with van der Waals surface area (Å²) >= 11 is 0. The molecule has 0 saturated carbocycles. The molecule has 1 aromatic carbocycles. The summed E-state index contributed by atoms with van der Waals surface area (Å²) in [5.74, 6) is 0.966. The molecule has 0 radical (unpaired) electrons. The quantitative estimate of drug-likeness (QED) is 0.880. The highest BCUT2D eigenvalue weighted by atomic mass is 16.5. The molecule has 2 aromatic rings. The molecule has 1 heterocycles. The van der Waals surface area contributed by atoms with Crippen LogP contribution in [-0.4, -0.2) is 17.1 Å². The number of hydrogen-bond acceptors (Lipinski definition) is 6. The van der Waals surface area contributed by atoms with E-state index in [2.05, 4.69) is 9.97 Å². The Kier molecular flexibility index (Phi) is 3.25. The third-order valence-corrected chi connectivity index (χ3v) is 2.13. The van der Waals surface area contributed by atoms with Crippen molar-refractivity contribution in [2.75, 3.05) is 12.8 Å². The maximum absolute atomic E-state index is 8.94. The molecule has 0 spiro atoms. The lowest BCUT2D eigenvalue weighted by atomic mass is 10.2. The van der Waals surface area contributed by atoms with Crippen LogP contribution in [-0.2, 0) is 0 Å². The first kappa shape index (κ1) is 11.7. The maximum Gasteiger partial charge on any atom is 0.227 e. The van der Waals surface area contributed by atoms with Crippen molar-refractivity contribution in [2.24, 2.45) is 0 Å². The van der Waals surface area contributed by atoms with Gasteiger partial charge in [-0.05, 0) is 12.1 Å². The van der Waals surface area contributed by atoms with E-state index in [0.717, 1.165) is 0 Å². The van der Waals surface area contributed by atoms with E-state index in [0.29, 0.717) is 17.2 Å². The Bertz CT molecular complexity index is 607. The zero-order valence-corrected chi connectivity index (χ0v) is 9.62. The number of nitriles is 1. The smallest absolute Gasteiger partial charge is 0.227 e. The van der Waals surface area contributed by atoms with E-state index in [4.69, 9.17) is 20.5 Å². The van der Waals surface area contributed by atoms with Gasteiger partial charge in [-0.15, -0.1) is 0 Å². The van der Waals surface area contributed by atoms with Gasteiger partial charge in [0.2, 0.25) is 17.7 Å². The first-order chi connectivity index (χ1) is 8.72. The van der Waals surface area contributed by atoms with Crippen molar-refractivity contribution in [3.63, 3.8) is 0 Å². The van der Waals surface area contributed by atoms with Gasteiger partial charge >= 0.3 is 0 Å². The van der Waals surface area contributed by atoms with Gasteiger partial charge < -0.3 is 15.2 Å². The molecule has 0 aliphatic rings. The van der Waals surface area contributed by atoms with Crippen molar-refractivity contribution >= 4 is 5.95 Å². The Balaban J connectivity index is 2.34. The predicted octanol–water partition coefficient (Wildman–Crippen LogP) is 1.73. The third-order valence-electron chi connectivity index (χ3n) is 2.13. The van der Waals surface area contributed by atoms with Crippen LogP contribution in [0.25, 0.3) is 0 Å². The molecule has 0 amide bonds. The second-order valence-corrected chi connectivity index (χ2v) is 3.32. The molecule has 0 aliphatic carbocycles. The summed E-state index contributed by atoms with van der Waals surface area (Å²) in [7, 11) is 1.47. The summed E-state index contributed by atoms with van der Waals surface area (Å²) in [5.41, 5.74) is 5.92. The summed E-state index contributed by atoms with van der Waals surface area (Å²) in [6.45, 7) is 0. The van der Waals surface area contributed by atoms with E-state index in [9.17, 15) is 0 Å². The summed E-state index contributed by atoms with van der Waals surface area (Å²) in [5, 5.41) is 8.94. The topological polar surface area (TPSA) is 94.0 Å². The van der Waals surface area contributed by atoms with Gasteiger partial charge in [-0.1, -0.05) is 12.1 Å². The minimum atomic E-state index is 0.0405. The van der Waals surface area contributed by atoms with Crippen molar-refractivity contribution in [3.05, 3.63) is 35.9 Å². The average Bonchev–Trinajstić information content (AvgIpc) is 2.38. The molecule has 90 valence electrons. The van der Waals surface area contributed by atoms with Crippen LogP contribution in [0.3, 0.4) is 0 Å². The zero-order chi connectivity index (χ0) is 13.0. The highest BCUT2D eigenvalue weighted by molar-refractivity contribution is 5.44. The van der Waals surface area contributed by atoms with Gasteiger partial charge in [0.25, 0.3) is 0 Å². The largest absolute Gasteiger partial charge is 0.481 e. The van der Waals surface area contributed by atoms with Crippen molar-refractivity contribution in [1.82, 2.24) is 9.97 Å². The lowest BCUT2D eigenvalue weighted by molar-refractivity contribution is 0.389. The van der Waals surface area contributed by atoms with Gasteiger partial charge in [0.05, 0.1) is 18.7 Å². The van der Waals surface area contributed by atoms with Crippen LogP contribution in [0.5, 0.6) is 17.5 Å². The van der Waals surface area contributed by atoms with Crippen molar-refractivity contribution < 1.29 is 9.47 Å². The van der Waals surface area contributed by atoms with Gasteiger partial charge in [0.1, 0.15) is 11.8 Å². The molecule has 0 fully saturated rings. The number of nitrogens with two attached hydrogens (primary N) is 1. The van der Waals surface area contributed by atoms with E-state index in [1.165, 1.54) is 13.2 Å². The number of aromatic nitrogens is 2. The fraction of sp³-hybridized carbons (Fsp3) is 0.0833. The molecule has 1 aromatic heterocycles. The van der Waals surface area contributed by atoms with E-state index in [1.54, 1.807) is 24.3 Å². The summed E-state index contributed by atoms with van der Waals surface area (Å²) in [6.07, 6.45) is 0. The molecule has 18 heavy (non-hydrogen) atoms. The summed E-state index contributed by atoms with van der Waals surface area (Å²) in [6, 6.07) is 10.4. The molecule has 0 bridgehead atoms. The lowest BCUT2D eigenvalue weighted by Gasteiger charge is -2.07. The van der Waals surface area contributed by atoms with E-state index < -0.39 is 0 Å². The van der Waals surface area contributed by atoms with E-state index in [1.807, 2.05) is 6.07 Å². The van der Waals surface area contributed by atoms with Crippen molar-refractivity contribution in [2.45, 2.75) is 0 Å². The van der Waals surface area contributed by atoms with Crippen LogP contribution < -0.4 is 15.2 Å². The highest BCUT2D eigenvalue weighted by Gasteiger charge is 2.07. The van der Waals surface area contributed by atoms with Crippen LogP contribution in [0.2, 0.25) is 0 Å². The van der Waals surface area contributed by atoms with E-state index in [-0.39, 0.29) is 11.8 Å². The number of hydrogen-bond donors (Lipinski definition) is 1. The molecule has 0 unspecified atom stereocenters. The average molecular weight is 242 g/mol. The Hall–Kier alpha value is -2.81. The molecular formula is C12H10N4O2. The van der Waals surface area contributed by atoms with Gasteiger partial charge in [-0.3, -0.25) is 0 Å². The fourth-order valence-electron chi connectivity index (χ4n) is 1.34. The van der Waals surface area contributed by atoms with Crippen molar-refractivity contribution in [3.8, 4) is 23.6 Å². The van der Waals surface area contributed by atoms with Crippen molar-refractivity contribution in [1.29, 1.82) is 5.26 Å². The van der Waals surface area contributed by atoms with Crippen LogP contribution in [0.1, 0.15) is 5.56 Å². The van der Waals surface area contributed by atoms with Crippen LogP contribution in [0.4, 0.5) is 5.95 Å². The Morgan fingerprint density at radius 3 is 2.67 bits per heavy atom. The number of nitrogens with zero attached hydrogens (tertiary/aromatic N) is 3. The minimum Gasteiger partial charge on any atom is -0.481 e. The Morgan fingerprint density at radius 1 is 1.22 bits per heavy atom. The van der Waals surface area contributed by atoms with Crippen LogP contribution in [0.15, 0.2) is 30.3 Å². The minimum absolute atomic E-state index is 0.0405. The number of para-hydroxylation sites is 1. The van der Waals surface area contributed by atoms with Gasteiger partial charge in [-0.2, -0.15) is 15.2 Å². The van der Waals surface area contributed by atoms with Crippen LogP contribution >= 0.6 is 0 Å². The molecule has 2 N–H and O–H groups in total. The summed E-state index contributed by atoms with van der Waals surface area (Å²) in [4.78, 5) is 7.74. The molecule has 6 nitrogen and oxygen atoms in total.